The highest BCUT2D eigenvalue weighted by atomic mass is 35.5. The van der Waals surface area contributed by atoms with E-state index in [2.05, 4.69) is 10.3 Å². The summed E-state index contributed by atoms with van der Waals surface area (Å²) in [6.45, 7) is 0.469. The molecule has 2 heterocycles. The summed E-state index contributed by atoms with van der Waals surface area (Å²) in [4.78, 5) is 16.5. The molecule has 1 saturated heterocycles. The molecule has 0 radical (unpaired) electrons. The van der Waals surface area contributed by atoms with Gasteiger partial charge in [-0.1, -0.05) is 34.8 Å². The van der Waals surface area contributed by atoms with Crippen molar-refractivity contribution in [3.63, 3.8) is 0 Å². The molecular formula is C17H16Cl3N3O3S. The minimum absolute atomic E-state index is 0.0493. The first-order chi connectivity index (χ1) is 12.8. The lowest BCUT2D eigenvalue weighted by molar-refractivity contribution is -0.120. The van der Waals surface area contributed by atoms with E-state index in [4.69, 9.17) is 34.8 Å². The third kappa shape index (κ3) is 4.92. The van der Waals surface area contributed by atoms with Crippen LogP contribution in [0.15, 0.2) is 41.4 Å². The van der Waals surface area contributed by atoms with Gasteiger partial charge in [0.2, 0.25) is 15.9 Å². The molecule has 27 heavy (non-hydrogen) atoms. The van der Waals surface area contributed by atoms with Crippen molar-refractivity contribution in [2.24, 2.45) is 5.92 Å². The van der Waals surface area contributed by atoms with Gasteiger partial charge in [-0.2, -0.15) is 4.31 Å². The van der Waals surface area contributed by atoms with Gasteiger partial charge < -0.3 is 5.32 Å². The summed E-state index contributed by atoms with van der Waals surface area (Å²) < 4.78 is 26.9. The molecule has 0 bridgehead atoms. The van der Waals surface area contributed by atoms with E-state index in [0.717, 1.165) is 0 Å². The fourth-order valence-corrected chi connectivity index (χ4v) is 5.17. The Labute approximate surface area is 172 Å². The smallest absolute Gasteiger partial charge is 0.243 e. The van der Waals surface area contributed by atoms with Crippen molar-refractivity contribution in [3.05, 3.63) is 51.6 Å². The van der Waals surface area contributed by atoms with Gasteiger partial charge in [-0.05, 0) is 43.2 Å². The summed E-state index contributed by atoms with van der Waals surface area (Å²) in [6.07, 6.45) is 2.27. The molecule has 1 aromatic heterocycles. The molecule has 1 aliphatic heterocycles. The molecule has 0 aliphatic carbocycles. The van der Waals surface area contributed by atoms with E-state index in [1.807, 2.05) is 0 Å². The predicted octanol–water partition coefficient (Wildman–Crippen LogP) is 4.08. The number of pyridine rings is 1. The number of nitrogens with one attached hydrogen (secondary N) is 1. The van der Waals surface area contributed by atoms with Crippen LogP contribution in [0.2, 0.25) is 15.1 Å². The lowest BCUT2D eigenvalue weighted by Crippen LogP contribution is -2.41. The summed E-state index contributed by atoms with van der Waals surface area (Å²) in [7, 11) is -3.71. The van der Waals surface area contributed by atoms with Gasteiger partial charge in [-0.25, -0.2) is 13.4 Å². The van der Waals surface area contributed by atoms with Gasteiger partial charge in [-0.3, -0.25) is 4.79 Å². The molecule has 1 fully saturated rings. The van der Waals surface area contributed by atoms with Gasteiger partial charge in [0.15, 0.2) is 0 Å². The maximum absolute atomic E-state index is 12.8. The first kappa shape index (κ1) is 20.4. The molecule has 144 valence electrons. The normalized spacial score (nSPS) is 16.3. The van der Waals surface area contributed by atoms with Gasteiger partial charge in [0.25, 0.3) is 0 Å². The minimum atomic E-state index is -3.71. The fourth-order valence-electron chi connectivity index (χ4n) is 2.86. The Hall–Kier alpha value is -1.38. The van der Waals surface area contributed by atoms with Crippen LogP contribution < -0.4 is 5.32 Å². The van der Waals surface area contributed by atoms with E-state index >= 15 is 0 Å². The molecule has 1 aliphatic rings. The zero-order valence-corrected chi connectivity index (χ0v) is 17.1. The van der Waals surface area contributed by atoms with Gasteiger partial charge in [0.1, 0.15) is 5.82 Å². The molecule has 0 atom stereocenters. The summed E-state index contributed by atoms with van der Waals surface area (Å²) >= 11 is 17.6. The number of hydrogen-bond donors (Lipinski definition) is 1. The van der Waals surface area contributed by atoms with E-state index < -0.39 is 10.0 Å². The fraction of sp³-hybridized carbons (Fsp3) is 0.294. The Bertz CT molecular complexity index is 923. The molecule has 1 N–H and O–H groups in total. The highest BCUT2D eigenvalue weighted by Gasteiger charge is 2.32. The van der Waals surface area contributed by atoms with Crippen LogP contribution in [-0.4, -0.2) is 36.7 Å². The summed E-state index contributed by atoms with van der Waals surface area (Å²) in [6, 6.07) is 7.46. The Morgan fingerprint density at radius 3 is 2.22 bits per heavy atom. The van der Waals surface area contributed by atoms with Gasteiger partial charge >= 0.3 is 0 Å². The average Bonchev–Trinajstić information content (AvgIpc) is 2.63. The van der Waals surface area contributed by atoms with Crippen LogP contribution in [-0.2, 0) is 14.8 Å². The number of amides is 1. The molecule has 0 spiro atoms. The molecule has 1 aromatic carbocycles. The maximum Gasteiger partial charge on any atom is 0.243 e. The number of sulfonamides is 1. The molecular weight excluding hydrogens is 433 g/mol. The Morgan fingerprint density at radius 1 is 1.04 bits per heavy atom. The van der Waals surface area contributed by atoms with Crippen LogP contribution in [0.3, 0.4) is 0 Å². The van der Waals surface area contributed by atoms with Crippen LogP contribution in [0.4, 0.5) is 5.82 Å². The standard InChI is InChI=1S/C17H16Cl3N3O3S/c18-12-1-2-16(21-10-12)22-17(24)11-3-5-23(6-4-11)27(25,26)15-8-13(19)7-14(20)9-15/h1-2,7-11H,3-6H2,(H,21,22,24). The van der Waals surface area contributed by atoms with Crippen LogP contribution in [0, 0.1) is 5.92 Å². The molecule has 6 nitrogen and oxygen atoms in total. The number of halogens is 3. The summed E-state index contributed by atoms with van der Waals surface area (Å²) in [5.74, 6) is -0.0717. The number of aromatic nitrogens is 1. The van der Waals surface area contributed by atoms with Gasteiger partial charge in [0.05, 0.1) is 9.92 Å². The van der Waals surface area contributed by atoms with E-state index in [1.54, 1.807) is 12.1 Å². The first-order valence-electron chi connectivity index (χ1n) is 8.14. The Kier molecular flexibility index (Phi) is 6.28. The second-order valence-corrected chi connectivity index (χ2v) is 9.38. The third-order valence-electron chi connectivity index (χ3n) is 4.28. The third-order valence-corrected chi connectivity index (χ3v) is 6.81. The van der Waals surface area contributed by atoms with Crippen LogP contribution >= 0.6 is 34.8 Å². The number of carbonyl (C=O) groups excluding carboxylic acids is 1. The first-order valence-corrected chi connectivity index (χ1v) is 10.7. The van der Waals surface area contributed by atoms with E-state index in [1.165, 1.54) is 28.7 Å². The summed E-state index contributed by atoms with van der Waals surface area (Å²) in [5, 5.41) is 3.72. The van der Waals surface area contributed by atoms with E-state index in [-0.39, 0.29) is 39.9 Å². The molecule has 0 unspecified atom stereocenters. The zero-order valence-electron chi connectivity index (χ0n) is 14.0. The Morgan fingerprint density at radius 2 is 1.67 bits per heavy atom. The molecule has 2 aromatic rings. The number of benzene rings is 1. The van der Waals surface area contributed by atoms with Crippen molar-refractivity contribution in [3.8, 4) is 0 Å². The highest BCUT2D eigenvalue weighted by Crippen LogP contribution is 2.28. The van der Waals surface area contributed by atoms with Crippen molar-refractivity contribution in [1.82, 2.24) is 9.29 Å². The molecule has 3 rings (SSSR count). The number of carbonyl (C=O) groups is 1. The zero-order chi connectivity index (χ0) is 19.6. The van der Waals surface area contributed by atoms with Crippen molar-refractivity contribution >= 4 is 56.6 Å². The lowest BCUT2D eigenvalue weighted by Gasteiger charge is -2.30. The van der Waals surface area contributed by atoms with E-state index in [9.17, 15) is 13.2 Å². The monoisotopic (exact) mass is 447 g/mol. The van der Waals surface area contributed by atoms with Gasteiger partial charge in [-0.15, -0.1) is 0 Å². The number of anilines is 1. The predicted molar refractivity (Wildman–Crippen MR) is 106 cm³/mol. The second kappa shape index (κ2) is 8.32. The Balaban J connectivity index is 1.64. The minimum Gasteiger partial charge on any atom is -0.310 e. The largest absolute Gasteiger partial charge is 0.310 e. The van der Waals surface area contributed by atoms with Crippen LogP contribution in [0.1, 0.15) is 12.8 Å². The number of rotatable bonds is 4. The SMILES string of the molecule is O=C(Nc1ccc(Cl)cn1)C1CCN(S(=O)(=O)c2cc(Cl)cc(Cl)c2)CC1. The van der Waals surface area contributed by atoms with Gasteiger partial charge in [0, 0.05) is 35.2 Å². The molecule has 0 saturated carbocycles. The number of piperidine rings is 1. The van der Waals surface area contributed by atoms with Crippen molar-refractivity contribution in [2.75, 3.05) is 18.4 Å². The number of hydrogen-bond acceptors (Lipinski definition) is 4. The van der Waals surface area contributed by atoms with Crippen molar-refractivity contribution in [1.29, 1.82) is 0 Å². The topological polar surface area (TPSA) is 79.4 Å². The number of nitrogens with zero attached hydrogens (tertiary/aromatic N) is 2. The average molecular weight is 449 g/mol. The quantitative estimate of drug-likeness (QED) is 0.764. The highest BCUT2D eigenvalue weighted by molar-refractivity contribution is 7.89. The molecule has 1 amide bonds. The van der Waals surface area contributed by atoms with Crippen molar-refractivity contribution in [2.45, 2.75) is 17.7 Å². The second-order valence-electron chi connectivity index (χ2n) is 6.13. The maximum atomic E-state index is 12.8. The lowest BCUT2D eigenvalue weighted by atomic mass is 9.97. The molecule has 10 heteroatoms. The van der Waals surface area contributed by atoms with Crippen molar-refractivity contribution < 1.29 is 13.2 Å². The van der Waals surface area contributed by atoms with Crippen LogP contribution in [0.5, 0.6) is 0 Å². The summed E-state index contributed by atoms with van der Waals surface area (Å²) in [5.41, 5.74) is 0. The van der Waals surface area contributed by atoms with Crippen LogP contribution in [0.25, 0.3) is 0 Å². The van der Waals surface area contributed by atoms with E-state index in [0.29, 0.717) is 23.7 Å².